The summed E-state index contributed by atoms with van der Waals surface area (Å²) in [7, 11) is 0. The average Bonchev–Trinajstić information content (AvgIpc) is 0.650. The van der Waals surface area contributed by atoms with Gasteiger partial charge in [0.1, 0.15) is 0 Å². The predicted octanol–water partition coefficient (Wildman–Crippen LogP) is -5.74. The van der Waals surface area contributed by atoms with E-state index in [1.165, 1.54) is 0 Å². The van der Waals surface area contributed by atoms with Crippen molar-refractivity contribution in [1.82, 2.24) is 0 Å². The third-order valence-corrected chi connectivity index (χ3v) is 0. The fraction of sp³-hybridized carbons (Fsp3) is 0. The standard InChI is InChI=1S/Co.Li.Mn.Ni.5O/q+2;+1;;+2;;;;2*-1. The Morgan fingerprint density at radius 1 is 1.00 bits per heavy atom. The van der Waals surface area contributed by atoms with Gasteiger partial charge in [-0.3, -0.25) is 0 Å². The van der Waals surface area contributed by atoms with Gasteiger partial charge in [-0.15, -0.1) is 0 Å². The van der Waals surface area contributed by atoms with Gasteiger partial charge in [-0.2, -0.15) is 0 Å². The average molecular weight is 260 g/mol. The Morgan fingerprint density at radius 2 is 1.00 bits per heavy atom. The molecule has 9 heavy (non-hydrogen) atoms. The van der Waals surface area contributed by atoms with Crippen molar-refractivity contribution < 1.29 is 84.3 Å². The van der Waals surface area contributed by atoms with Gasteiger partial charge in [-0.05, 0) is 0 Å². The predicted molar refractivity (Wildman–Crippen MR) is 2.06 cm³/mol. The van der Waals surface area contributed by atoms with Gasteiger partial charge < -0.3 is 0 Å². The fourth-order valence-corrected chi connectivity index (χ4v) is 0. The van der Waals surface area contributed by atoms with Gasteiger partial charge in [0.2, 0.25) is 0 Å². The molecule has 0 spiro atoms. The molecule has 0 aliphatic heterocycles. The van der Waals surface area contributed by atoms with Crippen LogP contribution in [-0.2, 0) is 57.0 Å². The van der Waals surface area contributed by atoms with E-state index < -0.39 is 12.2 Å². The van der Waals surface area contributed by atoms with Crippen LogP contribution >= 0.6 is 0 Å². The number of hydrogen-bond donors (Lipinski definition) is 0. The van der Waals surface area contributed by atoms with E-state index in [9.17, 15) is 0 Å². The molecule has 0 aromatic carbocycles. The van der Waals surface area contributed by atoms with E-state index in [2.05, 4.69) is 0 Å². The van der Waals surface area contributed by atoms with E-state index in [1.54, 1.807) is 0 Å². The zero-order valence-electron chi connectivity index (χ0n) is 4.07. The maximum absolute atomic E-state index is 8.61. The van der Waals surface area contributed by atoms with Gasteiger partial charge in [-0.1, -0.05) is 0 Å². The monoisotopic (exact) mass is 259 g/mol. The summed E-state index contributed by atoms with van der Waals surface area (Å²) in [5, 5.41) is 0. The second-order valence-corrected chi connectivity index (χ2v) is 2.60. The minimum atomic E-state index is -7.51. The van der Waals surface area contributed by atoms with Gasteiger partial charge in [0, 0.05) is 0 Å². The van der Waals surface area contributed by atoms with Crippen molar-refractivity contribution in [3.8, 4) is 0 Å². The summed E-state index contributed by atoms with van der Waals surface area (Å²) in [5.41, 5.74) is 0. The molecule has 0 heterocycles. The van der Waals surface area contributed by atoms with Crippen LogP contribution in [0.15, 0.2) is 0 Å². The molecule has 0 amide bonds. The molecule has 0 aromatic heterocycles. The molecule has 0 aromatic rings. The minimum absolute atomic E-state index is 0. The van der Waals surface area contributed by atoms with Crippen LogP contribution in [0.4, 0.5) is 0 Å². The molecule has 0 aliphatic rings. The Balaban J connectivity index is -0.0000000417. The van der Waals surface area contributed by atoms with E-state index in [0.29, 0.717) is 0 Å². The van der Waals surface area contributed by atoms with Crippen LogP contribution in [0.1, 0.15) is 0 Å². The van der Waals surface area contributed by atoms with Crippen molar-refractivity contribution in [2.75, 3.05) is 0 Å². The Morgan fingerprint density at radius 3 is 1.00 bits per heavy atom. The first-order valence-electron chi connectivity index (χ1n) is 0.772. The first kappa shape index (κ1) is 22.4. The summed E-state index contributed by atoms with van der Waals surface area (Å²) < 4.78 is 43.1. The van der Waals surface area contributed by atoms with Crippen LogP contribution in [0.2, 0.25) is 0 Å². The van der Waals surface area contributed by atoms with E-state index in [-0.39, 0.29) is 52.1 Å². The van der Waals surface area contributed by atoms with Crippen LogP contribution in [0.25, 0.3) is 0 Å². The molecule has 1 radical (unpaired) electrons. The van der Waals surface area contributed by atoms with E-state index >= 15 is 0 Å². The van der Waals surface area contributed by atoms with Crippen LogP contribution in [0.5, 0.6) is 0 Å². The zero-order chi connectivity index (χ0) is 5.45. The van der Waals surface area contributed by atoms with Crippen LogP contribution in [0.3, 0.4) is 0 Å². The van der Waals surface area contributed by atoms with Gasteiger partial charge in [-0.25, -0.2) is 0 Å². The van der Waals surface area contributed by atoms with Crippen molar-refractivity contribution in [1.29, 1.82) is 0 Å². The normalized spacial score (nSPS) is 12.4. The molecule has 0 aliphatic carbocycles. The topological polar surface area (TPSA) is 97.3 Å². The molecule has 0 unspecified atom stereocenters. The van der Waals surface area contributed by atoms with Crippen molar-refractivity contribution in [3.05, 3.63) is 0 Å². The molecule has 54 valence electrons. The molecule has 9 heteroatoms. The summed E-state index contributed by atoms with van der Waals surface area (Å²) in [6.07, 6.45) is 0. The first-order valence-corrected chi connectivity index (χ1v) is 3.18. The summed E-state index contributed by atoms with van der Waals surface area (Å²) in [6.45, 7) is 0. The van der Waals surface area contributed by atoms with Gasteiger partial charge >= 0.3 is 84.3 Å². The summed E-state index contributed by atoms with van der Waals surface area (Å²) in [4.78, 5) is 0. The quantitative estimate of drug-likeness (QED) is 0.404. The Labute approximate surface area is 83.7 Å². The second-order valence-electron chi connectivity index (χ2n) is 0.630. The van der Waals surface area contributed by atoms with Crippen molar-refractivity contribution in [2.45, 2.75) is 0 Å². The van der Waals surface area contributed by atoms with Gasteiger partial charge in [0.25, 0.3) is 0 Å². The third kappa shape index (κ3) is 253. The first-order chi connectivity index (χ1) is 2.24. The number of rotatable bonds is 0. The third-order valence-electron chi connectivity index (χ3n) is 0. The molecule has 0 N–H and O–H groups in total. The van der Waals surface area contributed by atoms with Crippen molar-refractivity contribution >= 4 is 0 Å². The van der Waals surface area contributed by atoms with Gasteiger partial charge in [0.15, 0.2) is 0 Å². The van der Waals surface area contributed by atoms with E-state index in [4.69, 9.17) is 19.9 Å². The molecule has 0 saturated carbocycles. The summed E-state index contributed by atoms with van der Waals surface area (Å²) in [5.74, 6) is 0. The van der Waals surface area contributed by atoms with E-state index in [1.807, 2.05) is 0 Å². The van der Waals surface area contributed by atoms with Gasteiger partial charge in [0.05, 0.1) is 0 Å². The van der Waals surface area contributed by atoms with Crippen LogP contribution in [-0.4, -0.2) is 0 Å². The zero-order valence-corrected chi connectivity index (χ0v) is 7.28. The fourth-order valence-electron chi connectivity index (χ4n) is 0. The molecule has 0 bridgehead atoms. The molecule has 0 fully saturated rings. The van der Waals surface area contributed by atoms with Crippen molar-refractivity contribution in [2.24, 2.45) is 0 Å². The molecule has 5 nitrogen and oxygen atoms in total. The Bertz CT molecular complexity index is 195. The SMILES string of the molecule is [Co+2].[Li+].[Ni+2].[O]=[Mn](=[O])(=[O])([O-])[O-]. The Kier molecular flexibility index (Phi) is 12.8. The second kappa shape index (κ2) is 5.14. The molecule has 0 saturated heterocycles. The Hall–Kier alpha value is 1.44. The molecule has 0 atom stereocenters. The molecular formula is CoLiMnNiO5+3. The molecular weight excluding hydrogens is 260 g/mol. The van der Waals surface area contributed by atoms with Crippen LogP contribution < -0.4 is 27.2 Å². The molecule has 0 rings (SSSR count). The number of hydrogen-bond acceptors (Lipinski definition) is 5. The maximum atomic E-state index is 8.61. The van der Waals surface area contributed by atoms with E-state index in [0.717, 1.165) is 0 Å². The van der Waals surface area contributed by atoms with Crippen LogP contribution in [0, 0.1) is 0 Å². The summed E-state index contributed by atoms with van der Waals surface area (Å²) >= 11 is -7.51. The summed E-state index contributed by atoms with van der Waals surface area (Å²) in [6, 6.07) is 0. The van der Waals surface area contributed by atoms with Crippen molar-refractivity contribution in [3.63, 3.8) is 0 Å².